The third-order valence-electron chi connectivity index (χ3n) is 2.18. The molecule has 0 unspecified atom stereocenters. The van der Waals surface area contributed by atoms with Crippen molar-refractivity contribution in [3.8, 4) is 0 Å². The molecule has 0 fully saturated rings. The van der Waals surface area contributed by atoms with Gasteiger partial charge in [-0.3, -0.25) is 0 Å². The van der Waals surface area contributed by atoms with E-state index in [1.54, 1.807) is 13.8 Å². The van der Waals surface area contributed by atoms with Gasteiger partial charge in [0.15, 0.2) is 0 Å². The number of nitrogens with one attached hydrogen (secondary N) is 2. The van der Waals surface area contributed by atoms with Crippen molar-refractivity contribution in [2.45, 2.75) is 19.9 Å². The van der Waals surface area contributed by atoms with Gasteiger partial charge in [0.05, 0.1) is 19.3 Å². The molecule has 0 aliphatic heterocycles. The van der Waals surface area contributed by atoms with Crippen molar-refractivity contribution >= 4 is 11.6 Å². The van der Waals surface area contributed by atoms with E-state index >= 15 is 0 Å². The Labute approximate surface area is 93.7 Å². The van der Waals surface area contributed by atoms with E-state index in [4.69, 9.17) is 16.1 Å². The molecule has 7 nitrogen and oxygen atoms in total. The molecule has 0 atom stereocenters. The number of nitrogens with two attached hydrogens (primary N) is 1. The van der Waals surface area contributed by atoms with Gasteiger partial charge in [0, 0.05) is 5.56 Å². The van der Waals surface area contributed by atoms with Gasteiger partial charge in [0.25, 0.3) is 0 Å². The van der Waals surface area contributed by atoms with Crippen molar-refractivity contribution in [3.05, 3.63) is 11.4 Å². The molecule has 0 bridgehead atoms. The van der Waals surface area contributed by atoms with Gasteiger partial charge in [0.2, 0.25) is 0 Å². The average molecular weight is 227 g/mol. The van der Waals surface area contributed by atoms with Gasteiger partial charge in [-0.2, -0.15) is 0 Å². The highest BCUT2D eigenvalue weighted by atomic mass is 16.3. The Balaban J connectivity index is 2.98. The van der Waals surface area contributed by atoms with Crippen LogP contribution < -0.4 is 16.6 Å². The lowest BCUT2D eigenvalue weighted by atomic mass is 10.2. The molecule has 0 amide bonds. The van der Waals surface area contributed by atoms with Crippen molar-refractivity contribution in [2.75, 3.05) is 24.0 Å². The Morgan fingerprint density at radius 2 is 1.75 bits per heavy atom. The largest absolute Gasteiger partial charge is 0.394 e. The second kappa shape index (κ2) is 5.59. The summed E-state index contributed by atoms with van der Waals surface area (Å²) in [6.45, 7) is 3.18. The van der Waals surface area contributed by atoms with Crippen LogP contribution in [-0.2, 0) is 0 Å². The van der Waals surface area contributed by atoms with Crippen LogP contribution in [0.5, 0.6) is 0 Å². The first kappa shape index (κ1) is 12.6. The zero-order valence-electron chi connectivity index (χ0n) is 9.36. The van der Waals surface area contributed by atoms with Crippen molar-refractivity contribution in [2.24, 2.45) is 5.84 Å². The summed E-state index contributed by atoms with van der Waals surface area (Å²) in [6.07, 6.45) is 0. The molecule has 1 heterocycles. The molecule has 90 valence electrons. The number of hydrogen-bond acceptors (Lipinski definition) is 7. The molecule has 0 aliphatic rings. The first-order valence-electron chi connectivity index (χ1n) is 4.92. The standard InChI is InChI=1S/C9H17N5O2/c1-5-8(13-7(3-15)4-16)11-6(2)12-9(5)14-10/h7,15-16H,3-4,10H2,1-2H3,(H2,11,12,13,14). The maximum atomic E-state index is 8.97. The molecule has 7 heteroatoms. The minimum atomic E-state index is -0.446. The lowest BCUT2D eigenvalue weighted by Crippen LogP contribution is -2.29. The minimum absolute atomic E-state index is 0.176. The number of aliphatic hydroxyl groups is 2. The van der Waals surface area contributed by atoms with Crippen LogP contribution in [0.4, 0.5) is 11.6 Å². The Morgan fingerprint density at radius 1 is 1.19 bits per heavy atom. The van der Waals surface area contributed by atoms with Crippen LogP contribution in [0.2, 0.25) is 0 Å². The van der Waals surface area contributed by atoms with Gasteiger partial charge >= 0.3 is 0 Å². The normalized spacial score (nSPS) is 10.6. The number of aromatic nitrogens is 2. The fraction of sp³-hybridized carbons (Fsp3) is 0.556. The van der Waals surface area contributed by atoms with Crippen LogP contribution >= 0.6 is 0 Å². The van der Waals surface area contributed by atoms with E-state index in [-0.39, 0.29) is 13.2 Å². The van der Waals surface area contributed by atoms with Crippen LogP contribution in [0.25, 0.3) is 0 Å². The van der Waals surface area contributed by atoms with Crippen LogP contribution in [0.1, 0.15) is 11.4 Å². The molecule has 1 rings (SSSR count). The highest BCUT2D eigenvalue weighted by molar-refractivity contribution is 5.57. The summed E-state index contributed by atoms with van der Waals surface area (Å²) in [4.78, 5) is 8.28. The number of nitrogens with zero attached hydrogens (tertiary/aromatic N) is 2. The summed E-state index contributed by atoms with van der Waals surface area (Å²) >= 11 is 0. The molecule has 0 radical (unpaired) electrons. The number of aliphatic hydroxyl groups excluding tert-OH is 2. The Hall–Kier alpha value is -1.44. The predicted molar refractivity (Wildman–Crippen MR) is 60.9 cm³/mol. The Morgan fingerprint density at radius 3 is 2.25 bits per heavy atom. The summed E-state index contributed by atoms with van der Waals surface area (Å²) < 4.78 is 0. The predicted octanol–water partition coefficient (Wildman–Crippen LogP) is -0.856. The van der Waals surface area contributed by atoms with Crippen molar-refractivity contribution in [1.29, 1.82) is 0 Å². The van der Waals surface area contributed by atoms with E-state index in [0.717, 1.165) is 5.56 Å². The molecular formula is C9H17N5O2. The Kier molecular flexibility index (Phi) is 4.41. The van der Waals surface area contributed by atoms with E-state index in [9.17, 15) is 0 Å². The molecule has 0 aromatic carbocycles. The maximum absolute atomic E-state index is 8.97. The van der Waals surface area contributed by atoms with Crippen LogP contribution in [0.15, 0.2) is 0 Å². The molecule has 6 N–H and O–H groups in total. The lowest BCUT2D eigenvalue weighted by Gasteiger charge is -2.17. The molecular weight excluding hydrogens is 210 g/mol. The number of hydrogen-bond donors (Lipinski definition) is 5. The maximum Gasteiger partial charge on any atom is 0.148 e. The summed E-state index contributed by atoms with van der Waals surface area (Å²) in [6, 6.07) is -0.446. The van der Waals surface area contributed by atoms with Crippen LogP contribution in [0.3, 0.4) is 0 Å². The topological polar surface area (TPSA) is 116 Å². The van der Waals surface area contributed by atoms with Gasteiger partial charge in [0.1, 0.15) is 17.5 Å². The smallest absolute Gasteiger partial charge is 0.148 e. The van der Waals surface area contributed by atoms with E-state index in [2.05, 4.69) is 20.7 Å². The monoisotopic (exact) mass is 227 g/mol. The molecule has 0 saturated heterocycles. The van der Waals surface area contributed by atoms with E-state index in [0.29, 0.717) is 17.5 Å². The van der Waals surface area contributed by atoms with Crippen LogP contribution in [0, 0.1) is 13.8 Å². The van der Waals surface area contributed by atoms with Crippen molar-refractivity contribution in [1.82, 2.24) is 9.97 Å². The van der Waals surface area contributed by atoms with Crippen molar-refractivity contribution in [3.63, 3.8) is 0 Å². The first-order valence-corrected chi connectivity index (χ1v) is 4.92. The molecule has 1 aromatic heterocycles. The summed E-state index contributed by atoms with van der Waals surface area (Å²) in [5.41, 5.74) is 3.21. The van der Waals surface area contributed by atoms with Crippen molar-refractivity contribution < 1.29 is 10.2 Å². The third kappa shape index (κ3) is 2.78. The summed E-state index contributed by atoms with van der Waals surface area (Å²) in [5, 5.41) is 20.9. The number of anilines is 2. The molecule has 0 spiro atoms. The highest BCUT2D eigenvalue weighted by Gasteiger charge is 2.12. The second-order valence-corrected chi connectivity index (χ2v) is 3.44. The quantitative estimate of drug-likeness (QED) is 0.328. The average Bonchev–Trinajstić information content (AvgIpc) is 2.29. The lowest BCUT2D eigenvalue weighted by molar-refractivity contribution is 0.203. The fourth-order valence-corrected chi connectivity index (χ4v) is 1.25. The number of nitrogen functional groups attached to an aromatic ring is 1. The zero-order valence-corrected chi connectivity index (χ0v) is 9.36. The molecule has 0 saturated carbocycles. The summed E-state index contributed by atoms with van der Waals surface area (Å²) in [7, 11) is 0. The number of hydrazine groups is 1. The fourth-order valence-electron chi connectivity index (χ4n) is 1.25. The van der Waals surface area contributed by atoms with Gasteiger partial charge in [-0.25, -0.2) is 15.8 Å². The Bertz CT molecular complexity index is 354. The van der Waals surface area contributed by atoms with E-state index in [1.807, 2.05) is 0 Å². The molecule has 0 aliphatic carbocycles. The second-order valence-electron chi connectivity index (χ2n) is 3.44. The number of rotatable bonds is 5. The summed E-state index contributed by atoms with van der Waals surface area (Å²) in [5.74, 6) is 6.94. The van der Waals surface area contributed by atoms with Gasteiger partial charge in [-0.05, 0) is 13.8 Å². The highest BCUT2D eigenvalue weighted by Crippen LogP contribution is 2.19. The van der Waals surface area contributed by atoms with E-state index in [1.165, 1.54) is 0 Å². The van der Waals surface area contributed by atoms with Gasteiger partial charge < -0.3 is 21.0 Å². The molecule has 16 heavy (non-hydrogen) atoms. The first-order chi connectivity index (χ1) is 7.62. The SMILES string of the molecule is Cc1nc(NN)c(C)c(NC(CO)CO)n1. The zero-order chi connectivity index (χ0) is 12.1. The molecule has 1 aromatic rings. The third-order valence-corrected chi connectivity index (χ3v) is 2.18. The van der Waals surface area contributed by atoms with Gasteiger partial charge in [-0.15, -0.1) is 0 Å². The minimum Gasteiger partial charge on any atom is -0.394 e. The van der Waals surface area contributed by atoms with Gasteiger partial charge in [-0.1, -0.05) is 0 Å². The number of aryl methyl sites for hydroxylation is 1. The van der Waals surface area contributed by atoms with E-state index < -0.39 is 6.04 Å². The van der Waals surface area contributed by atoms with Crippen LogP contribution in [-0.4, -0.2) is 39.4 Å².